The number of carbonyl (C=O) groups excluding carboxylic acids is 3. The summed E-state index contributed by atoms with van der Waals surface area (Å²) in [5.41, 5.74) is 7.32. The molecule has 2 rings (SSSR count). The van der Waals surface area contributed by atoms with E-state index in [-0.39, 0.29) is 12.3 Å². The average molecular weight is 248 g/mol. The number of nitrogen functional groups attached to an aromatic ring is 1. The number of benzene rings is 1. The van der Waals surface area contributed by atoms with Gasteiger partial charge in [0.25, 0.3) is 0 Å². The number of amides is 2. The topological polar surface area (TPSA) is 89.7 Å². The second kappa shape index (κ2) is 4.48. The molecule has 0 spiro atoms. The van der Waals surface area contributed by atoms with E-state index in [1.165, 1.54) is 7.11 Å². The van der Waals surface area contributed by atoms with Crippen LogP contribution in [0.3, 0.4) is 0 Å². The van der Waals surface area contributed by atoms with Crippen LogP contribution in [0.25, 0.3) is 0 Å². The number of carbonyl (C=O) groups is 3. The van der Waals surface area contributed by atoms with E-state index in [1.54, 1.807) is 18.2 Å². The third-order valence-corrected chi connectivity index (χ3v) is 2.71. The maximum atomic E-state index is 11.8. The standard InChI is InChI=1S/C12H12N2O4/c1-18-12(17)6-11(16)14-9-3-2-8(13)4-7(9)5-10(14)15/h2-4H,5-6,13H2,1H3. The molecule has 2 N–H and O–H groups in total. The Morgan fingerprint density at radius 2 is 2.17 bits per heavy atom. The first-order valence-corrected chi connectivity index (χ1v) is 5.34. The van der Waals surface area contributed by atoms with Crippen LogP contribution < -0.4 is 10.6 Å². The summed E-state index contributed by atoms with van der Waals surface area (Å²) in [6.45, 7) is 0. The Morgan fingerprint density at radius 1 is 1.44 bits per heavy atom. The monoisotopic (exact) mass is 248 g/mol. The number of nitrogens with zero attached hydrogens (tertiary/aromatic N) is 1. The normalized spacial score (nSPS) is 13.4. The first-order valence-electron chi connectivity index (χ1n) is 5.34. The Hall–Kier alpha value is -2.37. The van der Waals surface area contributed by atoms with Crippen molar-refractivity contribution in [1.82, 2.24) is 0 Å². The molecule has 2 amide bonds. The van der Waals surface area contributed by atoms with Crippen LogP contribution in [0.15, 0.2) is 18.2 Å². The van der Waals surface area contributed by atoms with Gasteiger partial charge in [-0.3, -0.25) is 14.4 Å². The summed E-state index contributed by atoms with van der Waals surface area (Å²) in [6, 6.07) is 4.86. The van der Waals surface area contributed by atoms with Crippen molar-refractivity contribution in [3.05, 3.63) is 23.8 Å². The number of nitrogens with two attached hydrogens (primary N) is 1. The smallest absolute Gasteiger partial charge is 0.315 e. The maximum Gasteiger partial charge on any atom is 0.315 e. The lowest BCUT2D eigenvalue weighted by atomic mass is 10.1. The Labute approximate surface area is 103 Å². The van der Waals surface area contributed by atoms with Gasteiger partial charge in [0.15, 0.2) is 0 Å². The second-order valence-corrected chi connectivity index (χ2v) is 3.94. The van der Waals surface area contributed by atoms with Crippen LogP contribution in [-0.4, -0.2) is 24.9 Å². The Morgan fingerprint density at radius 3 is 2.83 bits per heavy atom. The molecule has 1 heterocycles. The molecule has 0 saturated carbocycles. The van der Waals surface area contributed by atoms with Crippen molar-refractivity contribution in [2.24, 2.45) is 0 Å². The molecule has 1 aliphatic rings. The van der Waals surface area contributed by atoms with E-state index in [9.17, 15) is 14.4 Å². The minimum absolute atomic E-state index is 0.118. The predicted octanol–water partition coefficient (Wildman–Crippen LogP) is 0.248. The van der Waals surface area contributed by atoms with E-state index in [1.807, 2.05) is 0 Å². The molecule has 0 radical (unpaired) electrons. The summed E-state index contributed by atoms with van der Waals surface area (Å²) in [4.78, 5) is 35.7. The van der Waals surface area contributed by atoms with Gasteiger partial charge in [0.05, 0.1) is 19.2 Å². The molecule has 94 valence electrons. The maximum absolute atomic E-state index is 11.8. The van der Waals surface area contributed by atoms with Crippen LogP contribution in [0.5, 0.6) is 0 Å². The number of fused-ring (bicyclic) bond motifs is 1. The minimum Gasteiger partial charge on any atom is -0.469 e. The number of anilines is 2. The fourth-order valence-corrected chi connectivity index (χ4v) is 1.89. The quantitative estimate of drug-likeness (QED) is 0.460. The molecule has 0 saturated heterocycles. The van der Waals surface area contributed by atoms with Gasteiger partial charge in [0, 0.05) is 5.69 Å². The average Bonchev–Trinajstić information content (AvgIpc) is 2.63. The summed E-state index contributed by atoms with van der Waals surface area (Å²) in [5.74, 6) is -1.61. The summed E-state index contributed by atoms with van der Waals surface area (Å²) in [5, 5.41) is 0. The van der Waals surface area contributed by atoms with Gasteiger partial charge in [-0.1, -0.05) is 0 Å². The first kappa shape index (κ1) is 12.1. The van der Waals surface area contributed by atoms with Crippen molar-refractivity contribution < 1.29 is 19.1 Å². The zero-order valence-electron chi connectivity index (χ0n) is 9.80. The van der Waals surface area contributed by atoms with Crippen LogP contribution in [0.1, 0.15) is 12.0 Å². The predicted molar refractivity (Wildman–Crippen MR) is 63.7 cm³/mol. The van der Waals surface area contributed by atoms with Gasteiger partial charge in [-0.25, -0.2) is 4.90 Å². The number of hydrogen-bond donors (Lipinski definition) is 1. The van der Waals surface area contributed by atoms with Crippen LogP contribution in [0, 0.1) is 0 Å². The highest BCUT2D eigenvalue weighted by Gasteiger charge is 2.33. The SMILES string of the molecule is COC(=O)CC(=O)N1C(=O)Cc2cc(N)ccc21. The third kappa shape index (κ3) is 2.04. The molecule has 0 atom stereocenters. The molecular formula is C12H12N2O4. The first-order chi connectivity index (χ1) is 8.52. The number of ether oxygens (including phenoxy) is 1. The molecule has 18 heavy (non-hydrogen) atoms. The molecule has 1 aromatic rings. The fourth-order valence-electron chi connectivity index (χ4n) is 1.89. The summed E-state index contributed by atoms with van der Waals surface area (Å²) in [7, 11) is 1.19. The molecule has 6 heteroatoms. The van der Waals surface area contributed by atoms with Crippen LogP contribution >= 0.6 is 0 Å². The molecule has 6 nitrogen and oxygen atoms in total. The van der Waals surface area contributed by atoms with Gasteiger partial charge in [-0.15, -0.1) is 0 Å². The highest BCUT2D eigenvalue weighted by atomic mass is 16.5. The summed E-state index contributed by atoms with van der Waals surface area (Å²) < 4.78 is 4.41. The van der Waals surface area contributed by atoms with Crippen molar-refractivity contribution in [1.29, 1.82) is 0 Å². The van der Waals surface area contributed by atoms with Crippen molar-refractivity contribution in [3.8, 4) is 0 Å². The van der Waals surface area contributed by atoms with Gasteiger partial charge in [0.2, 0.25) is 11.8 Å². The van der Waals surface area contributed by atoms with Gasteiger partial charge in [-0.05, 0) is 23.8 Å². The second-order valence-electron chi connectivity index (χ2n) is 3.94. The van der Waals surface area contributed by atoms with Gasteiger partial charge in [-0.2, -0.15) is 0 Å². The number of hydrogen-bond acceptors (Lipinski definition) is 5. The Kier molecular flexibility index (Phi) is 3.01. The molecule has 1 aromatic carbocycles. The fraction of sp³-hybridized carbons (Fsp3) is 0.250. The molecule has 0 fully saturated rings. The largest absolute Gasteiger partial charge is 0.469 e. The van der Waals surface area contributed by atoms with E-state index >= 15 is 0 Å². The number of rotatable bonds is 2. The van der Waals surface area contributed by atoms with Gasteiger partial charge < -0.3 is 10.5 Å². The zero-order chi connectivity index (χ0) is 13.3. The number of esters is 1. The Balaban J connectivity index is 2.28. The zero-order valence-corrected chi connectivity index (χ0v) is 9.80. The van der Waals surface area contributed by atoms with Crippen LogP contribution in [0.4, 0.5) is 11.4 Å². The highest BCUT2D eigenvalue weighted by Crippen LogP contribution is 2.30. The summed E-state index contributed by atoms with van der Waals surface area (Å²) in [6.07, 6.45) is -0.334. The highest BCUT2D eigenvalue weighted by molar-refractivity contribution is 6.22. The van der Waals surface area contributed by atoms with E-state index in [4.69, 9.17) is 5.73 Å². The molecule has 0 aliphatic carbocycles. The van der Waals surface area contributed by atoms with Crippen LogP contribution in [-0.2, 0) is 25.5 Å². The Bertz CT molecular complexity index is 539. The van der Waals surface area contributed by atoms with Crippen LogP contribution in [0.2, 0.25) is 0 Å². The molecule has 0 bridgehead atoms. The van der Waals surface area contributed by atoms with Crippen molar-refractivity contribution >= 4 is 29.2 Å². The molecule has 0 aromatic heterocycles. The minimum atomic E-state index is -0.670. The summed E-state index contributed by atoms with van der Waals surface area (Å²) >= 11 is 0. The van der Waals surface area contributed by atoms with Crippen molar-refractivity contribution in [3.63, 3.8) is 0 Å². The van der Waals surface area contributed by atoms with E-state index in [2.05, 4.69) is 4.74 Å². The van der Waals surface area contributed by atoms with Gasteiger partial charge >= 0.3 is 5.97 Å². The number of methoxy groups -OCH3 is 1. The lowest BCUT2D eigenvalue weighted by Crippen LogP contribution is -2.35. The van der Waals surface area contributed by atoms with Crippen molar-refractivity contribution in [2.75, 3.05) is 17.7 Å². The lowest BCUT2D eigenvalue weighted by Gasteiger charge is -2.14. The van der Waals surface area contributed by atoms with E-state index in [0.717, 1.165) is 4.90 Å². The molecular weight excluding hydrogens is 236 g/mol. The third-order valence-electron chi connectivity index (χ3n) is 2.71. The molecule has 0 unspecified atom stereocenters. The van der Waals surface area contributed by atoms with E-state index < -0.39 is 18.3 Å². The molecule has 1 aliphatic heterocycles. The van der Waals surface area contributed by atoms with Crippen molar-refractivity contribution in [2.45, 2.75) is 12.8 Å². The van der Waals surface area contributed by atoms with Gasteiger partial charge in [0.1, 0.15) is 6.42 Å². The van der Waals surface area contributed by atoms with E-state index in [0.29, 0.717) is 16.9 Å². The lowest BCUT2D eigenvalue weighted by molar-refractivity contribution is -0.143. The number of imide groups is 1.